The van der Waals surface area contributed by atoms with E-state index in [2.05, 4.69) is 10.6 Å². The number of aliphatic hydroxyl groups is 2. The summed E-state index contributed by atoms with van der Waals surface area (Å²) in [6, 6.07) is 5.05. The second-order valence-electron chi connectivity index (χ2n) is 5.56. The number of β-amino-alcohol motifs (C(OH)–C–C–N with tert-alkyl or cyclic N) is 1. The molecule has 0 aromatic heterocycles. The molecule has 1 amide bonds. The Bertz CT molecular complexity index is 486. The maximum absolute atomic E-state index is 12.8. The van der Waals surface area contributed by atoms with Gasteiger partial charge in [-0.25, -0.2) is 4.39 Å². The third kappa shape index (κ3) is 5.21. The van der Waals surface area contributed by atoms with Crippen LogP contribution in [0.5, 0.6) is 0 Å². The Morgan fingerprint density at radius 2 is 2.09 bits per heavy atom. The molecular weight excluding hydrogens is 311 g/mol. The molecule has 7 heteroatoms. The average molecular weight is 333 g/mol. The molecular formula is C15H22ClFN2O3. The highest BCUT2D eigenvalue weighted by atomic mass is 35.5. The van der Waals surface area contributed by atoms with Crippen LogP contribution in [0, 0.1) is 5.82 Å². The van der Waals surface area contributed by atoms with E-state index in [4.69, 9.17) is 0 Å². The van der Waals surface area contributed by atoms with Crippen LogP contribution < -0.4 is 10.6 Å². The van der Waals surface area contributed by atoms with Gasteiger partial charge in [-0.3, -0.25) is 4.79 Å². The number of amides is 1. The number of hydrogen-bond acceptors (Lipinski definition) is 4. The second-order valence-corrected chi connectivity index (χ2v) is 5.56. The molecule has 1 aromatic rings. The van der Waals surface area contributed by atoms with Crippen LogP contribution in [-0.2, 0) is 4.79 Å². The van der Waals surface area contributed by atoms with Crippen LogP contribution >= 0.6 is 12.4 Å². The summed E-state index contributed by atoms with van der Waals surface area (Å²) >= 11 is 0. The summed E-state index contributed by atoms with van der Waals surface area (Å²) in [5, 5.41) is 25.2. The van der Waals surface area contributed by atoms with Gasteiger partial charge in [-0.2, -0.15) is 0 Å². The molecule has 4 atom stereocenters. The lowest BCUT2D eigenvalue weighted by atomic mass is 10.0. The molecule has 4 N–H and O–H groups in total. The predicted molar refractivity (Wildman–Crippen MR) is 83.2 cm³/mol. The minimum Gasteiger partial charge on any atom is -0.392 e. The first-order valence-electron chi connectivity index (χ1n) is 7.11. The Hall–Kier alpha value is -1.21. The average Bonchev–Trinajstić information content (AvgIpc) is 2.86. The molecule has 0 spiro atoms. The van der Waals surface area contributed by atoms with Crippen molar-refractivity contribution in [1.82, 2.24) is 10.6 Å². The van der Waals surface area contributed by atoms with Gasteiger partial charge in [0.15, 0.2) is 0 Å². The van der Waals surface area contributed by atoms with Crippen LogP contribution in [0.2, 0.25) is 0 Å². The molecule has 22 heavy (non-hydrogen) atoms. The molecule has 1 fully saturated rings. The van der Waals surface area contributed by atoms with Crippen molar-refractivity contribution in [2.24, 2.45) is 0 Å². The van der Waals surface area contributed by atoms with Crippen LogP contribution in [0.1, 0.15) is 31.4 Å². The Morgan fingerprint density at radius 3 is 2.64 bits per heavy atom. The van der Waals surface area contributed by atoms with Crippen molar-refractivity contribution >= 4 is 18.3 Å². The molecule has 0 bridgehead atoms. The van der Waals surface area contributed by atoms with Crippen molar-refractivity contribution in [3.63, 3.8) is 0 Å². The van der Waals surface area contributed by atoms with E-state index in [1.165, 1.54) is 24.3 Å². The fourth-order valence-electron chi connectivity index (χ4n) is 2.48. The summed E-state index contributed by atoms with van der Waals surface area (Å²) in [7, 11) is 0. The van der Waals surface area contributed by atoms with Crippen LogP contribution in [0.25, 0.3) is 0 Å². The predicted octanol–water partition coefficient (Wildman–Crippen LogP) is 0.899. The molecule has 1 saturated heterocycles. The lowest BCUT2D eigenvalue weighted by molar-refractivity contribution is -0.123. The van der Waals surface area contributed by atoms with Gasteiger partial charge in [0.1, 0.15) is 5.82 Å². The summed E-state index contributed by atoms with van der Waals surface area (Å²) in [4.78, 5) is 11.9. The Balaban J connectivity index is 0.00000242. The second kappa shape index (κ2) is 8.43. The van der Waals surface area contributed by atoms with Crippen LogP contribution in [0.15, 0.2) is 24.3 Å². The number of aliphatic hydroxyl groups excluding tert-OH is 2. The van der Waals surface area contributed by atoms with E-state index in [1.807, 2.05) is 0 Å². The topological polar surface area (TPSA) is 81.6 Å². The molecule has 2 rings (SSSR count). The SMILES string of the molecule is CC(CC(O)c1ccc(F)cc1)NC(=O)C1CC(O)CN1.Cl. The van der Waals surface area contributed by atoms with Gasteiger partial charge in [0.25, 0.3) is 0 Å². The van der Waals surface area contributed by atoms with E-state index in [0.717, 1.165) is 0 Å². The van der Waals surface area contributed by atoms with Crippen molar-refractivity contribution in [2.75, 3.05) is 6.54 Å². The first-order chi connectivity index (χ1) is 9.95. The molecule has 124 valence electrons. The van der Waals surface area contributed by atoms with Crippen LogP contribution in [0.3, 0.4) is 0 Å². The first kappa shape index (κ1) is 18.8. The van der Waals surface area contributed by atoms with Gasteiger partial charge in [0, 0.05) is 12.6 Å². The van der Waals surface area contributed by atoms with E-state index in [-0.39, 0.29) is 36.2 Å². The Labute approximate surface area is 135 Å². The van der Waals surface area contributed by atoms with E-state index >= 15 is 0 Å². The van der Waals surface area contributed by atoms with Gasteiger partial charge in [-0.05, 0) is 37.5 Å². The molecule has 1 aliphatic heterocycles. The van der Waals surface area contributed by atoms with Crippen molar-refractivity contribution in [3.05, 3.63) is 35.6 Å². The number of halogens is 2. The fourth-order valence-corrected chi connectivity index (χ4v) is 2.48. The molecule has 0 aliphatic carbocycles. The van der Waals surface area contributed by atoms with Gasteiger partial charge in [-0.1, -0.05) is 12.1 Å². The quantitative estimate of drug-likeness (QED) is 0.646. The van der Waals surface area contributed by atoms with E-state index in [0.29, 0.717) is 24.9 Å². The monoisotopic (exact) mass is 332 g/mol. The molecule has 1 heterocycles. The summed E-state index contributed by atoms with van der Waals surface area (Å²) in [5.74, 6) is -0.525. The van der Waals surface area contributed by atoms with Gasteiger partial charge in [-0.15, -0.1) is 12.4 Å². The molecule has 1 aromatic carbocycles. The summed E-state index contributed by atoms with van der Waals surface area (Å²) < 4.78 is 12.8. The number of benzene rings is 1. The van der Waals surface area contributed by atoms with Crippen LogP contribution in [-0.4, -0.2) is 40.9 Å². The number of nitrogens with one attached hydrogen (secondary N) is 2. The van der Waals surface area contributed by atoms with Crippen molar-refractivity contribution in [3.8, 4) is 0 Å². The zero-order valence-corrected chi connectivity index (χ0v) is 13.1. The maximum atomic E-state index is 12.8. The fraction of sp³-hybridized carbons (Fsp3) is 0.533. The number of carbonyl (C=O) groups excluding carboxylic acids is 1. The molecule has 1 aliphatic rings. The Kier molecular flexibility index (Phi) is 7.22. The largest absolute Gasteiger partial charge is 0.392 e. The summed E-state index contributed by atoms with van der Waals surface area (Å²) in [6.07, 6.45) is -0.505. The number of rotatable bonds is 5. The van der Waals surface area contributed by atoms with Crippen molar-refractivity contribution < 1.29 is 19.4 Å². The van der Waals surface area contributed by atoms with Gasteiger partial charge in [0.05, 0.1) is 18.2 Å². The zero-order valence-electron chi connectivity index (χ0n) is 12.3. The molecule has 4 unspecified atom stereocenters. The van der Waals surface area contributed by atoms with E-state index in [1.54, 1.807) is 6.92 Å². The minimum atomic E-state index is -0.761. The van der Waals surface area contributed by atoms with E-state index < -0.39 is 12.2 Å². The highest BCUT2D eigenvalue weighted by molar-refractivity contribution is 5.85. The normalized spacial score (nSPS) is 23.5. The molecule has 5 nitrogen and oxygen atoms in total. The highest BCUT2D eigenvalue weighted by Crippen LogP contribution is 2.18. The third-order valence-electron chi connectivity index (χ3n) is 3.64. The minimum absolute atomic E-state index is 0. The molecule has 0 radical (unpaired) electrons. The summed E-state index contributed by atoms with van der Waals surface area (Å²) in [5.41, 5.74) is 0.618. The zero-order chi connectivity index (χ0) is 15.4. The lowest BCUT2D eigenvalue weighted by Gasteiger charge is -2.20. The van der Waals surface area contributed by atoms with Gasteiger partial charge in [0.2, 0.25) is 5.91 Å². The Morgan fingerprint density at radius 1 is 1.45 bits per heavy atom. The maximum Gasteiger partial charge on any atom is 0.237 e. The first-order valence-corrected chi connectivity index (χ1v) is 7.11. The third-order valence-corrected chi connectivity index (χ3v) is 3.64. The highest BCUT2D eigenvalue weighted by Gasteiger charge is 2.28. The number of carbonyl (C=O) groups is 1. The number of hydrogen-bond donors (Lipinski definition) is 4. The lowest BCUT2D eigenvalue weighted by Crippen LogP contribution is -2.44. The van der Waals surface area contributed by atoms with Crippen molar-refractivity contribution in [2.45, 2.75) is 44.1 Å². The standard InChI is InChI=1S/C15H21FN2O3.ClH/c1-9(18-15(21)13-7-12(19)8-17-13)6-14(20)10-2-4-11(16)5-3-10;/h2-5,9,12-14,17,19-20H,6-8H2,1H3,(H,18,21);1H. The van der Waals surface area contributed by atoms with Crippen molar-refractivity contribution in [1.29, 1.82) is 0 Å². The van der Waals surface area contributed by atoms with E-state index in [9.17, 15) is 19.4 Å². The van der Waals surface area contributed by atoms with Gasteiger partial charge >= 0.3 is 0 Å². The van der Waals surface area contributed by atoms with Gasteiger partial charge < -0.3 is 20.8 Å². The van der Waals surface area contributed by atoms with Crippen LogP contribution in [0.4, 0.5) is 4.39 Å². The summed E-state index contributed by atoms with van der Waals surface area (Å²) in [6.45, 7) is 2.22. The smallest absolute Gasteiger partial charge is 0.237 e. The molecule has 0 saturated carbocycles.